The molecule has 2 N–H and O–H groups in total. The molecule has 1 aliphatic heterocycles. The number of nitrogens with zero attached hydrogens (tertiary/aromatic N) is 2. The third kappa shape index (κ3) is 6.87. The quantitative estimate of drug-likeness (QED) is 0.421. The molecular formula is C20H26N2O4. The fourth-order valence-electron chi connectivity index (χ4n) is 2.64. The molecular weight excluding hydrogens is 332 g/mol. The first kappa shape index (κ1) is 20.0. The van der Waals surface area contributed by atoms with Crippen molar-refractivity contribution >= 4 is 6.09 Å². The summed E-state index contributed by atoms with van der Waals surface area (Å²) in [5.74, 6) is 6.00. The van der Waals surface area contributed by atoms with Gasteiger partial charge in [-0.3, -0.25) is 9.88 Å². The highest BCUT2D eigenvalue weighted by Crippen LogP contribution is 2.15. The van der Waals surface area contributed by atoms with Gasteiger partial charge in [0.05, 0.1) is 25.3 Å². The molecule has 0 saturated carbocycles. The topological polar surface area (TPSA) is 82.9 Å². The summed E-state index contributed by atoms with van der Waals surface area (Å²) < 4.78 is 5.10. The van der Waals surface area contributed by atoms with E-state index >= 15 is 0 Å². The standard InChI is InChI=1S/C20H26N2O4/c23-14-7-3-1-2-6-13-22-18(11-15-26-20(22)25)9-10-19(24)16-17-8-4-5-12-21-17/h4-5,8-10,12,18-19,23-24H,1,3,7,11,13-16H2/t18-,19?/m0/s1. The van der Waals surface area contributed by atoms with Crippen molar-refractivity contribution in [2.75, 3.05) is 19.8 Å². The van der Waals surface area contributed by atoms with Crippen LogP contribution in [0.25, 0.3) is 0 Å². The molecule has 2 atom stereocenters. The van der Waals surface area contributed by atoms with E-state index in [-0.39, 0.29) is 18.7 Å². The van der Waals surface area contributed by atoms with Gasteiger partial charge in [0.15, 0.2) is 0 Å². The molecule has 140 valence electrons. The first-order valence-electron chi connectivity index (χ1n) is 8.97. The summed E-state index contributed by atoms with van der Waals surface area (Å²) in [6.07, 6.45) is 7.60. The summed E-state index contributed by atoms with van der Waals surface area (Å²) in [4.78, 5) is 17.8. The molecule has 1 unspecified atom stereocenters. The summed E-state index contributed by atoms with van der Waals surface area (Å²) in [6.45, 7) is 0.835. The number of carbonyl (C=O) groups is 1. The van der Waals surface area contributed by atoms with Crippen LogP contribution in [-0.2, 0) is 11.2 Å². The number of pyridine rings is 1. The number of rotatable bonds is 8. The second-order valence-corrected chi connectivity index (χ2v) is 6.11. The van der Waals surface area contributed by atoms with Gasteiger partial charge >= 0.3 is 6.09 Å². The molecule has 1 amide bonds. The number of cyclic esters (lactones) is 1. The molecule has 1 aliphatic rings. The molecule has 6 heteroatoms. The molecule has 0 radical (unpaired) electrons. The second-order valence-electron chi connectivity index (χ2n) is 6.11. The van der Waals surface area contributed by atoms with Crippen LogP contribution in [0.2, 0.25) is 0 Å². The average Bonchev–Trinajstić information content (AvgIpc) is 2.65. The van der Waals surface area contributed by atoms with Crippen LogP contribution in [0.4, 0.5) is 4.79 Å². The Morgan fingerprint density at radius 1 is 1.38 bits per heavy atom. The number of aliphatic hydroxyl groups is 2. The summed E-state index contributed by atoms with van der Waals surface area (Å²) >= 11 is 0. The summed E-state index contributed by atoms with van der Waals surface area (Å²) in [6, 6.07) is 5.45. The number of aromatic nitrogens is 1. The predicted octanol–water partition coefficient (Wildman–Crippen LogP) is 1.92. The molecule has 0 spiro atoms. The fourth-order valence-corrected chi connectivity index (χ4v) is 2.64. The molecule has 1 aromatic rings. The largest absolute Gasteiger partial charge is 0.449 e. The Morgan fingerprint density at radius 2 is 2.27 bits per heavy atom. The molecule has 2 heterocycles. The van der Waals surface area contributed by atoms with Gasteiger partial charge in [0.1, 0.15) is 0 Å². The SMILES string of the molecule is O=C1OCC[C@H](C=CC(O)Cc2ccccn2)N1CC#CCCCCO. The number of ether oxygens (including phenoxy) is 1. The lowest BCUT2D eigenvalue weighted by molar-refractivity contribution is 0.0618. The lowest BCUT2D eigenvalue weighted by atomic mass is 10.1. The van der Waals surface area contributed by atoms with Crippen molar-refractivity contribution in [3.8, 4) is 11.8 Å². The van der Waals surface area contributed by atoms with Crippen molar-refractivity contribution in [3.05, 3.63) is 42.2 Å². The first-order chi connectivity index (χ1) is 12.7. The molecule has 0 bridgehead atoms. The maximum atomic E-state index is 12.0. The molecule has 26 heavy (non-hydrogen) atoms. The van der Waals surface area contributed by atoms with E-state index in [2.05, 4.69) is 16.8 Å². The Hall–Kier alpha value is -2.36. The number of hydrogen-bond donors (Lipinski definition) is 2. The van der Waals surface area contributed by atoms with Crippen LogP contribution in [0, 0.1) is 11.8 Å². The Morgan fingerprint density at radius 3 is 3.04 bits per heavy atom. The van der Waals surface area contributed by atoms with E-state index in [0.717, 1.165) is 18.5 Å². The van der Waals surface area contributed by atoms with E-state index in [1.165, 1.54) is 0 Å². The smallest absolute Gasteiger partial charge is 0.411 e. The molecule has 1 fully saturated rings. The maximum absolute atomic E-state index is 12.0. The lowest BCUT2D eigenvalue weighted by Gasteiger charge is -2.31. The zero-order valence-corrected chi connectivity index (χ0v) is 14.9. The average molecular weight is 358 g/mol. The van der Waals surface area contributed by atoms with Crippen LogP contribution in [-0.4, -0.2) is 58.1 Å². The van der Waals surface area contributed by atoms with Gasteiger partial charge in [-0.15, -0.1) is 5.92 Å². The Labute approximate surface area is 154 Å². The third-order valence-corrected chi connectivity index (χ3v) is 4.06. The van der Waals surface area contributed by atoms with Gasteiger partial charge < -0.3 is 14.9 Å². The van der Waals surface area contributed by atoms with E-state index in [1.54, 1.807) is 17.2 Å². The predicted molar refractivity (Wildman–Crippen MR) is 98.3 cm³/mol. The molecule has 0 aromatic carbocycles. The van der Waals surface area contributed by atoms with Crippen molar-refractivity contribution in [1.82, 2.24) is 9.88 Å². The number of hydrogen-bond acceptors (Lipinski definition) is 5. The minimum atomic E-state index is -0.658. The minimum absolute atomic E-state index is 0.138. The van der Waals surface area contributed by atoms with E-state index < -0.39 is 6.10 Å². The van der Waals surface area contributed by atoms with E-state index in [4.69, 9.17) is 9.84 Å². The zero-order valence-electron chi connectivity index (χ0n) is 14.9. The summed E-state index contributed by atoms with van der Waals surface area (Å²) in [5, 5.41) is 18.9. The van der Waals surface area contributed by atoms with Gasteiger partial charge in [0, 0.05) is 37.8 Å². The van der Waals surface area contributed by atoms with E-state index in [0.29, 0.717) is 32.4 Å². The van der Waals surface area contributed by atoms with Crippen molar-refractivity contribution in [1.29, 1.82) is 0 Å². The number of aliphatic hydroxyl groups excluding tert-OH is 2. The molecule has 2 rings (SSSR count). The second kappa shape index (κ2) is 11.3. The third-order valence-electron chi connectivity index (χ3n) is 4.06. The zero-order chi connectivity index (χ0) is 18.6. The summed E-state index contributed by atoms with van der Waals surface area (Å²) in [5.41, 5.74) is 0.818. The monoisotopic (exact) mass is 358 g/mol. The Kier molecular flexibility index (Phi) is 8.67. The van der Waals surface area contributed by atoms with Crippen LogP contribution >= 0.6 is 0 Å². The minimum Gasteiger partial charge on any atom is -0.449 e. The van der Waals surface area contributed by atoms with Gasteiger partial charge in [-0.2, -0.15) is 0 Å². The van der Waals surface area contributed by atoms with Gasteiger partial charge in [0.2, 0.25) is 0 Å². The maximum Gasteiger partial charge on any atom is 0.411 e. The van der Waals surface area contributed by atoms with Crippen molar-refractivity contribution in [3.63, 3.8) is 0 Å². The molecule has 1 saturated heterocycles. The Balaban J connectivity index is 1.88. The first-order valence-corrected chi connectivity index (χ1v) is 8.97. The highest BCUT2D eigenvalue weighted by atomic mass is 16.6. The van der Waals surface area contributed by atoms with Crippen molar-refractivity contribution in [2.24, 2.45) is 0 Å². The van der Waals surface area contributed by atoms with Crippen LogP contribution in [0.15, 0.2) is 36.5 Å². The van der Waals surface area contributed by atoms with Crippen LogP contribution < -0.4 is 0 Å². The van der Waals surface area contributed by atoms with Gasteiger partial charge in [0.25, 0.3) is 0 Å². The van der Waals surface area contributed by atoms with Crippen LogP contribution in [0.5, 0.6) is 0 Å². The normalized spacial score (nSPS) is 18.3. The van der Waals surface area contributed by atoms with Gasteiger partial charge in [-0.05, 0) is 25.0 Å². The number of unbranched alkanes of at least 4 members (excludes halogenated alkanes) is 2. The van der Waals surface area contributed by atoms with Crippen LogP contribution in [0.3, 0.4) is 0 Å². The van der Waals surface area contributed by atoms with Gasteiger partial charge in [-0.25, -0.2) is 4.79 Å². The molecule has 0 aliphatic carbocycles. The van der Waals surface area contributed by atoms with Crippen molar-refractivity contribution in [2.45, 2.75) is 44.2 Å². The highest BCUT2D eigenvalue weighted by molar-refractivity contribution is 5.69. The number of carbonyl (C=O) groups excluding carboxylic acids is 1. The van der Waals surface area contributed by atoms with Crippen molar-refractivity contribution < 1.29 is 19.7 Å². The molecule has 1 aromatic heterocycles. The van der Waals surface area contributed by atoms with Crippen LogP contribution in [0.1, 0.15) is 31.4 Å². The molecule has 6 nitrogen and oxygen atoms in total. The van der Waals surface area contributed by atoms with Gasteiger partial charge in [-0.1, -0.05) is 24.1 Å². The highest BCUT2D eigenvalue weighted by Gasteiger charge is 2.27. The van der Waals surface area contributed by atoms with E-state index in [9.17, 15) is 9.90 Å². The van der Waals surface area contributed by atoms with E-state index in [1.807, 2.05) is 24.3 Å². The Bertz CT molecular complexity index is 636. The summed E-state index contributed by atoms with van der Waals surface area (Å²) in [7, 11) is 0. The fraction of sp³-hybridized carbons (Fsp3) is 0.500. The lowest BCUT2D eigenvalue weighted by Crippen LogP contribution is -2.44. The number of amides is 1.